The maximum Gasteiger partial charge on any atom is 0.248 e. The molecule has 4 rings (SSSR count). The first kappa shape index (κ1) is 19.5. The number of hydrogen-bond acceptors (Lipinski definition) is 5. The number of benzene rings is 1. The summed E-state index contributed by atoms with van der Waals surface area (Å²) < 4.78 is 0. The first-order valence-electron chi connectivity index (χ1n) is 9.58. The predicted octanol–water partition coefficient (Wildman–Crippen LogP) is 3.19. The molecule has 1 aliphatic rings. The fourth-order valence-corrected chi connectivity index (χ4v) is 4.00. The van der Waals surface area contributed by atoms with Gasteiger partial charge in [-0.3, -0.25) is 9.89 Å². The van der Waals surface area contributed by atoms with E-state index >= 15 is 0 Å². The van der Waals surface area contributed by atoms with Crippen molar-refractivity contribution in [2.75, 3.05) is 19.7 Å². The zero-order chi connectivity index (χ0) is 20.4. The quantitative estimate of drug-likeness (QED) is 0.687. The van der Waals surface area contributed by atoms with E-state index < -0.39 is 6.61 Å². The van der Waals surface area contributed by atoms with Crippen molar-refractivity contribution in [2.24, 2.45) is 0 Å². The molecule has 0 spiro atoms. The van der Waals surface area contributed by atoms with E-state index in [2.05, 4.69) is 20.2 Å². The first-order valence-corrected chi connectivity index (χ1v) is 9.96. The summed E-state index contributed by atoms with van der Waals surface area (Å²) in [7, 11) is 0. The van der Waals surface area contributed by atoms with Crippen molar-refractivity contribution < 1.29 is 9.90 Å². The number of carbonyl (C=O) groups excluding carboxylic acids is 1. The molecular weight excluding hydrogens is 390 g/mol. The molecule has 150 valence electrons. The predicted molar refractivity (Wildman–Crippen MR) is 110 cm³/mol. The molecule has 3 aromatic rings. The molecule has 7 nitrogen and oxygen atoms in total. The number of piperidine rings is 1. The summed E-state index contributed by atoms with van der Waals surface area (Å²) in [6.45, 7) is 2.74. The van der Waals surface area contributed by atoms with Crippen LogP contribution in [0.2, 0.25) is 5.02 Å². The molecule has 2 aromatic heterocycles. The van der Waals surface area contributed by atoms with E-state index in [1.54, 1.807) is 11.1 Å². The fourth-order valence-electron chi connectivity index (χ4n) is 3.82. The molecule has 29 heavy (non-hydrogen) atoms. The van der Waals surface area contributed by atoms with Gasteiger partial charge in [0.2, 0.25) is 5.91 Å². The van der Waals surface area contributed by atoms with Gasteiger partial charge in [0.05, 0.1) is 5.69 Å². The molecular formula is C21H22ClN5O2. The third-order valence-corrected chi connectivity index (χ3v) is 5.88. The fraction of sp³-hybridized carbons (Fsp3) is 0.333. The Morgan fingerprint density at radius 1 is 1.31 bits per heavy atom. The Bertz CT molecular complexity index is 1010. The van der Waals surface area contributed by atoms with Crippen molar-refractivity contribution in [2.45, 2.75) is 25.7 Å². The van der Waals surface area contributed by atoms with Gasteiger partial charge >= 0.3 is 0 Å². The normalized spacial score (nSPS) is 14.9. The van der Waals surface area contributed by atoms with Crippen molar-refractivity contribution in [1.82, 2.24) is 25.1 Å². The number of hydrogen-bond donors (Lipinski definition) is 2. The van der Waals surface area contributed by atoms with Gasteiger partial charge in [0.15, 0.2) is 0 Å². The topological polar surface area (TPSA) is 95.0 Å². The Balaban J connectivity index is 1.73. The first-order chi connectivity index (χ1) is 14.1. The number of nitrogens with zero attached hydrogens (tertiary/aromatic N) is 4. The second-order valence-electron chi connectivity index (χ2n) is 7.23. The lowest BCUT2D eigenvalue weighted by Crippen LogP contribution is -2.39. The summed E-state index contributed by atoms with van der Waals surface area (Å²) in [5.74, 6) is -0.0102. The third-order valence-electron chi connectivity index (χ3n) is 5.47. The summed E-state index contributed by atoms with van der Waals surface area (Å²) in [5, 5.41) is 17.6. The van der Waals surface area contributed by atoms with Crippen LogP contribution in [0.4, 0.5) is 0 Å². The standard InChI is InChI=1S/C21H22ClN5O2/c1-13-2-3-15(10-16(13)22)21-19(17-4-7-23-12-24-17)20(25-26-21)14-5-8-27(9-6-14)18(29)11-28/h2-4,7,10,12,14,28H,5-6,8-9,11H2,1H3,(H,25,26). The molecule has 0 unspecified atom stereocenters. The molecule has 1 fully saturated rings. The summed E-state index contributed by atoms with van der Waals surface area (Å²) in [6.07, 6.45) is 4.83. The van der Waals surface area contributed by atoms with Crippen LogP contribution in [0.1, 0.15) is 30.0 Å². The zero-order valence-electron chi connectivity index (χ0n) is 16.1. The van der Waals surface area contributed by atoms with E-state index in [-0.39, 0.29) is 11.8 Å². The molecule has 1 aliphatic heterocycles. The van der Waals surface area contributed by atoms with Crippen molar-refractivity contribution in [3.8, 4) is 22.5 Å². The molecule has 8 heteroatoms. The largest absolute Gasteiger partial charge is 0.387 e. The Morgan fingerprint density at radius 2 is 2.10 bits per heavy atom. The highest BCUT2D eigenvalue weighted by atomic mass is 35.5. The van der Waals surface area contributed by atoms with Gasteiger partial charge in [-0.05, 0) is 37.5 Å². The summed E-state index contributed by atoms with van der Waals surface area (Å²) in [5.41, 5.74) is 5.48. The monoisotopic (exact) mass is 411 g/mol. The lowest BCUT2D eigenvalue weighted by atomic mass is 9.88. The molecule has 1 saturated heterocycles. The number of aliphatic hydroxyl groups is 1. The summed E-state index contributed by atoms with van der Waals surface area (Å²) in [4.78, 5) is 22.0. The van der Waals surface area contributed by atoms with Crippen molar-refractivity contribution >= 4 is 17.5 Å². The minimum atomic E-state index is -0.445. The number of aryl methyl sites for hydroxylation is 1. The molecule has 1 aromatic carbocycles. The van der Waals surface area contributed by atoms with Crippen molar-refractivity contribution in [3.05, 3.63) is 53.1 Å². The van der Waals surface area contributed by atoms with Crippen LogP contribution in [0.25, 0.3) is 22.5 Å². The number of likely N-dealkylation sites (tertiary alicyclic amines) is 1. The molecule has 0 aliphatic carbocycles. The van der Waals surface area contributed by atoms with Gasteiger partial charge in [-0.15, -0.1) is 0 Å². The van der Waals surface area contributed by atoms with Crippen LogP contribution < -0.4 is 0 Å². The lowest BCUT2D eigenvalue weighted by Gasteiger charge is -2.31. The lowest BCUT2D eigenvalue weighted by molar-refractivity contribution is -0.135. The van der Waals surface area contributed by atoms with Crippen molar-refractivity contribution in [3.63, 3.8) is 0 Å². The number of nitrogens with one attached hydrogen (secondary N) is 1. The van der Waals surface area contributed by atoms with Crippen LogP contribution in [0.5, 0.6) is 0 Å². The SMILES string of the molecule is Cc1ccc(-c2n[nH]c(C3CCN(C(=O)CO)CC3)c2-c2ccncn2)cc1Cl. The van der Waals surface area contributed by atoms with Gasteiger partial charge in [0, 0.05) is 47.0 Å². The average molecular weight is 412 g/mol. The maximum atomic E-state index is 11.8. The number of halogens is 1. The Kier molecular flexibility index (Phi) is 5.60. The minimum Gasteiger partial charge on any atom is -0.387 e. The number of amides is 1. The second kappa shape index (κ2) is 8.31. The summed E-state index contributed by atoms with van der Waals surface area (Å²) in [6, 6.07) is 7.78. The smallest absolute Gasteiger partial charge is 0.248 e. The van der Waals surface area contributed by atoms with Gasteiger partial charge in [0.1, 0.15) is 18.6 Å². The summed E-state index contributed by atoms with van der Waals surface area (Å²) >= 11 is 6.36. The van der Waals surface area contributed by atoms with E-state index in [0.717, 1.165) is 46.6 Å². The third kappa shape index (κ3) is 3.88. The van der Waals surface area contributed by atoms with Crippen LogP contribution in [-0.2, 0) is 4.79 Å². The number of rotatable bonds is 4. The number of H-pyrrole nitrogens is 1. The van der Waals surface area contributed by atoms with Crippen LogP contribution in [0.15, 0.2) is 36.8 Å². The molecule has 0 saturated carbocycles. The Labute approximate surface area is 173 Å². The molecule has 0 bridgehead atoms. The minimum absolute atomic E-state index is 0.213. The van der Waals surface area contributed by atoms with Gasteiger partial charge in [0.25, 0.3) is 0 Å². The molecule has 3 heterocycles. The number of carbonyl (C=O) groups is 1. The number of aromatic amines is 1. The number of aromatic nitrogens is 4. The van der Waals surface area contributed by atoms with Gasteiger partial charge in [-0.25, -0.2) is 9.97 Å². The van der Waals surface area contributed by atoms with Crippen LogP contribution in [-0.4, -0.2) is 55.8 Å². The van der Waals surface area contributed by atoms with Gasteiger partial charge in [-0.1, -0.05) is 23.7 Å². The zero-order valence-corrected chi connectivity index (χ0v) is 16.9. The highest BCUT2D eigenvalue weighted by Crippen LogP contribution is 2.39. The van der Waals surface area contributed by atoms with E-state index in [9.17, 15) is 4.79 Å². The van der Waals surface area contributed by atoms with Crippen molar-refractivity contribution in [1.29, 1.82) is 0 Å². The highest BCUT2D eigenvalue weighted by molar-refractivity contribution is 6.31. The Morgan fingerprint density at radius 3 is 2.76 bits per heavy atom. The van der Waals surface area contributed by atoms with Crippen LogP contribution in [0.3, 0.4) is 0 Å². The maximum absolute atomic E-state index is 11.8. The van der Waals surface area contributed by atoms with Crippen LogP contribution >= 0.6 is 11.6 Å². The second-order valence-corrected chi connectivity index (χ2v) is 7.64. The van der Waals surface area contributed by atoms with E-state index in [4.69, 9.17) is 16.7 Å². The van der Waals surface area contributed by atoms with Gasteiger partial charge in [-0.2, -0.15) is 5.10 Å². The van der Waals surface area contributed by atoms with Crippen LogP contribution in [0, 0.1) is 6.92 Å². The molecule has 2 N–H and O–H groups in total. The Hall–Kier alpha value is -2.77. The number of aliphatic hydroxyl groups excluding tert-OH is 1. The highest BCUT2D eigenvalue weighted by Gasteiger charge is 2.29. The van der Waals surface area contributed by atoms with E-state index in [0.29, 0.717) is 18.1 Å². The average Bonchev–Trinajstić information content (AvgIpc) is 3.21. The van der Waals surface area contributed by atoms with E-state index in [1.807, 2.05) is 31.2 Å². The van der Waals surface area contributed by atoms with E-state index in [1.165, 1.54) is 6.33 Å². The van der Waals surface area contributed by atoms with Gasteiger partial charge < -0.3 is 10.0 Å². The molecule has 0 radical (unpaired) electrons. The molecule has 0 atom stereocenters. The molecule has 1 amide bonds.